The molecule has 0 spiro atoms. The number of hydrogen-bond acceptors (Lipinski definition) is 3. The number of carboxylic acid groups (broad SMARTS) is 1. The van der Waals surface area contributed by atoms with E-state index in [1.807, 2.05) is 24.3 Å². The highest BCUT2D eigenvalue weighted by Crippen LogP contribution is 2.38. The zero-order chi connectivity index (χ0) is 13.4. The Morgan fingerprint density at radius 2 is 2.16 bits per heavy atom. The lowest BCUT2D eigenvalue weighted by molar-refractivity contribution is -0.140. The predicted molar refractivity (Wildman–Crippen MR) is 71.1 cm³/mol. The molecular weight excluding hydrogens is 242 g/mol. The molecule has 2 N–H and O–H groups in total. The average molecular weight is 261 g/mol. The number of carboxylic acids is 1. The molecule has 0 radical (unpaired) electrons. The minimum absolute atomic E-state index is 0.0617. The first kappa shape index (κ1) is 12.5. The van der Waals surface area contributed by atoms with Crippen LogP contribution in [0, 0.1) is 11.8 Å². The maximum Gasteiger partial charge on any atom is 0.321 e. The Hall–Kier alpha value is -1.55. The zero-order valence-electron chi connectivity index (χ0n) is 11.0. The first-order valence-electron chi connectivity index (χ1n) is 6.87. The van der Waals surface area contributed by atoms with Gasteiger partial charge in [0.05, 0.1) is 6.61 Å². The number of para-hydroxylation sites is 1. The molecule has 3 unspecified atom stereocenters. The first-order chi connectivity index (χ1) is 9.16. The van der Waals surface area contributed by atoms with Crippen molar-refractivity contribution in [2.75, 3.05) is 6.61 Å². The molecule has 0 aromatic heterocycles. The maximum atomic E-state index is 11.4. The van der Waals surface area contributed by atoms with Crippen LogP contribution in [0.1, 0.15) is 31.4 Å². The lowest BCUT2D eigenvalue weighted by Gasteiger charge is -2.34. The van der Waals surface area contributed by atoms with Crippen molar-refractivity contribution in [3.8, 4) is 5.75 Å². The second-order valence-electron chi connectivity index (χ2n) is 5.62. The summed E-state index contributed by atoms with van der Waals surface area (Å²) in [6.07, 6.45) is 2.03. The van der Waals surface area contributed by atoms with Crippen LogP contribution in [0.15, 0.2) is 24.3 Å². The minimum Gasteiger partial charge on any atom is -0.493 e. The van der Waals surface area contributed by atoms with Gasteiger partial charge in [-0.2, -0.15) is 0 Å². The summed E-state index contributed by atoms with van der Waals surface area (Å²) >= 11 is 0. The van der Waals surface area contributed by atoms with Crippen LogP contribution in [-0.2, 0) is 4.79 Å². The van der Waals surface area contributed by atoms with Crippen LogP contribution in [0.4, 0.5) is 0 Å². The number of rotatable bonds is 4. The molecule has 3 rings (SSSR count). The van der Waals surface area contributed by atoms with Crippen LogP contribution in [0.2, 0.25) is 0 Å². The molecule has 4 nitrogen and oxygen atoms in total. The third-order valence-electron chi connectivity index (χ3n) is 4.04. The molecule has 1 saturated carbocycles. The lowest BCUT2D eigenvalue weighted by atomic mass is 9.91. The summed E-state index contributed by atoms with van der Waals surface area (Å²) in [5, 5.41) is 12.7. The molecule has 0 saturated heterocycles. The highest BCUT2D eigenvalue weighted by atomic mass is 16.5. The number of fused-ring (bicyclic) bond motifs is 1. The van der Waals surface area contributed by atoms with Crippen LogP contribution in [-0.4, -0.2) is 23.7 Å². The molecule has 19 heavy (non-hydrogen) atoms. The molecule has 3 atom stereocenters. The molecule has 0 amide bonds. The van der Waals surface area contributed by atoms with Gasteiger partial charge in [0.25, 0.3) is 0 Å². The second kappa shape index (κ2) is 4.85. The summed E-state index contributed by atoms with van der Waals surface area (Å²) in [6, 6.07) is 7.52. The number of carbonyl (C=O) groups is 1. The van der Waals surface area contributed by atoms with Crippen molar-refractivity contribution in [1.82, 2.24) is 5.32 Å². The molecule has 102 valence electrons. The quantitative estimate of drug-likeness (QED) is 0.872. The van der Waals surface area contributed by atoms with Gasteiger partial charge in [0.2, 0.25) is 0 Å². The van der Waals surface area contributed by atoms with Crippen molar-refractivity contribution in [2.45, 2.75) is 31.8 Å². The summed E-state index contributed by atoms with van der Waals surface area (Å²) in [7, 11) is 0. The molecule has 1 aromatic rings. The second-order valence-corrected chi connectivity index (χ2v) is 5.62. The van der Waals surface area contributed by atoms with E-state index in [9.17, 15) is 9.90 Å². The van der Waals surface area contributed by atoms with Gasteiger partial charge in [-0.25, -0.2) is 0 Å². The van der Waals surface area contributed by atoms with Gasteiger partial charge in [-0.1, -0.05) is 25.1 Å². The van der Waals surface area contributed by atoms with Gasteiger partial charge in [0.15, 0.2) is 0 Å². The van der Waals surface area contributed by atoms with Gasteiger partial charge in [-0.3, -0.25) is 10.1 Å². The summed E-state index contributed by atoms with van der Waals surface area (Å²) in [6.45, 7) is 2.73. The molecule has 2 aliphatic rings. The summed E-state index contributed by atoms with van der Waals surface area (Å²) in [5.41, 5.74) is 1.08. The fourth-order valence-electron chi connectivity index (χ4n) is 2.78. The summed E-state index contributed by atoms with van der Waals surface area (Å²) in [5.74, 6) is 0.701. The fourth-order valence-corrected chi connectivity index (χ4v) is 2.78. The highest BCUT2D eigenvalue weighted by molar-refractivity contribution is 5.74. The minimum atomic E-state index is -0.737. The summed E-state index contributed by atoms with van der Waals surface area (Å²) in [4.78, 5) is 11.4. The third-order valence-corrected chi connectivity index (χ3v) is 4.04. The van der Waals surface area contributed by atoms with Gasteiger partial charge in [-0.05, 0) is 24.8 Å². The van der Waals surface area contributed by atoms with E-state index in [-0.39, 0.29) is 12.0 Å². The molecule has 4 heteroatoms. The zero-order valence-corrected chi connectivity index (χ0v) is 11.0. The smallest absolute Gasteiger partial charge is 0.321 e. The molecule has 0 bridgehead atoms. The Balaban J connectivity index is 1.84. The number of benzene rings is 1. The lowest BCUT2D eigenvalue weighted by Crippen LogP contribution is -2.45. The Labute approximate surface area is 112 Å². The van der Waals surface area contributed by atoms with E-state index in [1.165, 1.54) is 0 Å². The highest BCUT2D eigenvalue weighted by Gasteiger charge is 2.39. The largest absolute Gasteiger partial charge is 0.493 e. The molecule has 1 heterocycles. The Morgan fingerprint density at radius 1 is 1.42 bits per heavy atom. The van der Waals surface area contributed by atoms with Crippen LogP contribution < -0.4 is 10.1 Å². The predicted octanol–water partition coefficient (Wildman–Crippen LogP) is 2.21. The Bertz CT molecular complexity index is 484. The van der Waals surface area contributed by atoms with E-state index < -0.39 is 12.0 Å². The Kier molecular flexibility index (Phi) is 3.19. The molecule has 1 fully saturated rings. The SMILES string of the molecule is CC1COc2ccccc2C1NC(C(=O)O)C1CC1. The third kappa shape index (κ3) is 2.45. The van der Waals surface area contributed by atoms with Crippen molar-refractivity contribution in [3.05, 3.63) is 29.8 Å². The van der Waals surface area contributed by atoms with Gasteiger partial charge in [-0.15, -0.1) is 0 Å². The molecule has 1 aliphatic carbocycles. The van der Waals surface area contributed by atoms with E-state index in [1.54, 1.807) is 0 Å². The van der Waals surface area contributed by atoms with Gasteiger partial charge in [0, 0.05) is 17.5 Å². The van der Waals surface area contributed by atoms with Crippen LogP contribution >= 0.6 is 0 Å². The molecule has 1 aliphatic heterocycles. The van der Waals surface area contributed by atoms with E-state index >= 15 is 0 Å². The fraction of sp³-hybridized carbons (Fsp3) is 0.533. The van der Waals surface area contributed by atoms with Gasteiger partial charge >= 0.3 is 5.97 Å². The van der Waals surface area contributed by atoms with Crippen molar-refractivity contribution >= 4 is 5.97 Å². The van der Waals surface area contributed by atoms with Crippen molar-refractivity contribution < 1.29 is 14.6 Å². The normalized spacial score (nSPS) is 27.2. The monoisotopic (exact) mass is 261 g/mol. The van der Waals surface area contributed by atoms with Gasteiger partial charge < -0.3 is 9.84 Å². The van der Waals surface area contributed by atoms with E-state index in [2.05, 4.69) is 12.2 Å². The first-order valence-corrected chi connectivity index (χ1v) is 6.87. The maximum absolute atomic E-state index is 11.4. The Morgan fingerprint density at radius 3 is 2.84 bits per heavy atom. The summed E-state index contributed by atoms with van der Waals surface area (Å²) < 4.78 is 5.70. The standard InChI is InChI=1S/C15H19NO3/c1-9-8-19-12-5-3-2-4-11(12)13(9)16-14(15(17)18)10-6-7-10/h2-5,9-10,13-14,16H,6-8H2,1H3,(H,17,18). The average Bonchev–Trinajstić information content (AvgIpc) is 3.21. The van der Waals surface area contributed by atoms with E-state index in [0.29, 0.717) is 12.5 Å². The number of aliphatic carboxylic acids is 1. The topological polar surface area (TPSA) is 58.6 Å². The van der Waals surface area contributed by atoms with Crippen LogP contribution in [0.25, 0.3) is 0 Å². The number of nitrogens with one attached hydrogen (secondary N) is 1. The van der Waals surface area contributed by atoms with E-state index in [0.717, 1.165) is 24.2 Å². The van der Waals surface area contributed by atoms with Crippen molar-refractivity contribution in [3.63, 3.8) is 0 Å². The van der Waals surface area contributed by atoms with Crippen molar-refractivity contribution in [2.24, 2.45) is 11.8 Å². The van der Waals surface area contributed by atoms with E-state index in [4.69, 9.17) is 4.74 Å². The van der Waals surface area contributed by atoms with Crippen molar-refractivity contribution in [1.29, 1.82) is 0 Å². The molecular formula is C15H19NO3. The van der Waals surface area contributed by atoms with Crippen LogP contribution in [0.5, 0.6) is 5.75 Å². The van der Waals surface area contributed by atoms with Gasteiger partial charge in [0.1, 0.15) is 11.8 Å². The number of hydrogen-bond donors (Lipinski definition) is 2. The molecule has 1 aromatic carbocycles. The van der Waals surface area contributed by atoms with Crippen LogP contribution in [0.3, 0.4) is 0 Å². The number of ether oxygens (including phenoxy) is 1.